The molecule has 4 atom stereocenters. The van der Waals surface area contributed by atoms with Crippen molar-refractivity contribution in [2.45, 2.75) is 50.4 Å². The molecule has 0 radical (unpaired) electrons. The summed E-state index contributed by atoms with van der Waals surface area (Å²) in [6, 6.07) is 5.92. The average molecular weight is 351 g/mol. The van der Waals surface area contributed by atoms with Crippen LogP contribution in [-0.4, -0.2) is 28.3 Å². The van der Waals surface area contributed by atoms with Crippen LogP contribution in [0.5, 0.6) is 5.75 Å². The summed E-state index contributed by atoms with van der Waals surface area (Å²) in [6.07, 6.45) is 5.41. The molecule has 5 rings (SSSR count). The first-order chi connectivity index (χ1) is 12.5. The Balaban J connectivity index is 1.53. The highest BCUT2D eigenvalue weighted by Crippen LogP contribution is 2.60. The van der Waals surface area contributed by atoms with Crippen LogP contribution in [0.2, 0.25) is 0 Å². The number of nitrogens with one attached hydrogen (secondary N) is 2. The summed E-state index contributed by atoms with van der Waals surface area (Å²) in [6.45, 7) is 2.36. The van der Waals surface area contributed by atoms with Gasteiger partial charge in [-0.25, -0.2) is 0 Å². The molecule has 1 aromatic heterocycles. The van der Waals surface area contributed by atoms with Crippen LogP contribution >= 0.6 is 0 Å². The second kappa shape index (κ2) is 5.35. The van der Waals surface area contributed by atoms with Gasteiger partial charge in [-0.15, -0.1) is 0 Å². The molecule has 3 N–H and O–H groups in total. The van der Waals surface area contributed by atoms with Gasteiger partial charge in [0.25, 0.3) is 5.91 Å². The molecule has 1 fully saturated rings. The monoisotopic (exact) mass is 351 g/mol. The number of fused-ring (bicyclic) bond motifs is 7. The van der Waals surface area contributed by atoms with E-state index in [1.54, 1.807) is 7.05 Å². The molecule has 3 aliphatic carbocycles. The van der Waals surface area contributed by atoms with E-state index in [0.717, 1.165) is 37.7 Å². The molecule has 5 heteroatoms. The van der Waals surface area contributed by atoms with Crippen molar-refractivity contribution in [3.8, 4) is 5.75 Å². The molecule has 1 aromatic carbocycles. The van der Waals surface area contributed by atoms with E-state index in [0.29, 0.717) is 29.2 Å². The fraction of sp³-hybridized carbons (Fsp3) is 0.524. The number of carbonyl (C=O) groups is 1. The van der Waals surface area contributed by atoms with Gasteiger partial charge in [0.1, 0.15) is 5.75 Å². The number of aromatic amines is 1. The lowest BCUT2D eigenvalue weighted by Crippen LogP contribution is -2.43. The Labute approximate surface area is 153 Å². The standard InChI is InChI=1S/C21H25N3O2/c1-21-8-7-14-13-6-4-12(25)9-11(13)3-5-15(14)17(21)10-16-18(20(26)22-2)23-24-19(16)21/h4,6,9,14-15,17,25H,3,5,7-8,10H2,1-2H3,(H,22,26)(H,23,24)/t14?,15?,17?,21-/m0/s1. The molecule has 1 saturated carbocycles. The van der Waals surface area contributed by atoms with Gasteiger partial charge >= 0.3 is 0 Å². The van der Waals surface area contributed by atoms with Crippen molar-refractivity contribution >= 4 is 5.91 Å². The minimum Gasteiger partial charge on any atom is -0.508 e. The Morgan fingerprint density at radius 1 is 1.38 bits per heavy atom. The lowest BCUT2D eigenvalue weighted by atomic mass is 9.55. The minimum absolute atomic E-state index is 0.0875. The predicted molar refractivity (Wildman–Crippen MR) is 98.4 cm³/mol. The molecule has 0 spiro atoms. The highest BCUT2D eigenvalue weighted by Gasteiger charge is 2.54. The molecule has 0 bridgehead atoms. The number of carbonyl (C=O) groups excluding carboxylic acids is 1. The minimum atomic E-state index is -0.0919. The largest absolute Gasteiger partial charge is 0.508 e. The number of benzene rings is 1. The molecular weight excluding hydrogens is 326 g/mol. The van der Waals surface area contributed by atoms with Crippen molar-refractivity contribution in [3.05, 3.63) is 46.3 Å². The van der Waals surface area contributed by atoms with E-state index in [1.807, 2.05) is 12.1 Å². The number of aromatic nitrogens is 2. The van der Waals surface area contributed by atoms with Crippen molar-refractivity contribution in [1.29, 1.82) is 0 Å². The number of hydrogen-bond donors (Lipinski definition) is 3. The zero-order chi connectivity index (χ0) is 18.1. The Kier molecular flexibility index (Phi) is 3.27. The van der Waals surface area contributed by atoms with Gasteiger partial charge in [0.05, 0.1) is 0 Å². The van der Waals surface area contributed by atoms with E-state index in [9.17, 15) is 9.90 Å². The first kappa shape index (κ1) is 15.9. The number of nitrogens with zero attached hydrogens (tertiary/aromatic N) is 1. The Hall–Kier alpha value is -2.30. The molecule has 0 aliphatic heterocycles. The summed E-state index contributed by atoms with van der Waals surface area (Å²) in [4.78, 5) is 12.2. The molecule has 2 aromatic rings. The van der Waals surface area contributed by atoms with Crippen molar-refractivity contribution in [1.82, 2.24) is 15.5 Å². The average Bonchev–Trinajstić information content (AvgIpc) is 3.18. The van der Waals surface area contributed by atoms with Crippen LogP contribution in [0.15, 0.2) is 18.2 Å². The van der Waals surface area contributed by atoms with E-state index in [4.69, 9.17) is 0 Å². The topological polar surface area (TPSA) is 78.0 Å². The van der Waals surface area contributed by atoms with Gasteiger partial charge in [-0.05, 0) is 73.1 Å². The molecule has 5 nitrogen and oxygen atoms in total. The maximum Gasteiger partial charge on any atom is 0.271 e. The van der Waals surface area contributed by atoms with Crippen LogP contribution in [0.1, 0.15) is 65.0 Å². The lowest BCUT2D eigenvalue weighted by molar-refractivity contribution is 0.0948. The Morgan fingerprint density at radius 2 is 2.23 bits per heavy atom. The maximum absolute atomic E-state index is 12.2. The third-order valence-electron chi connectivity index (χ3n) is 7.40. The summed E-state index contributed by atoms with van der Waals surface area (Å²) in [7, 11) is 1.66. The number of aryl methyl sites for hydroxylation is 1. The van der Waals surface area contributed by atoms with E-state index in [1.165, 1.54) is 16.8 Å². The summed E-state index contributed by atoms with van der Waals surface area (Å²) in [5.74, 6) is 2.03. The fourth-order valence-corrected chi connectivity index (χ4v) is 6.14. The lowest BCUT2D eigenvalue weighted by Gasteiger charge is -2.49. The van der Waals surface area contributed by atoms with E-state index in [2.05, 4.69) is 28.5 Å². The zero-order valence-corrected chi connectivity index (χ0v) is 15.3. The van der Waals surface area contributed by atoms with E-state index < -0.39 is 0 Å². The third kappa shape index (κ3) is 1.97. The first-order valence-corrected chi connectivity index (χ1v) is 9.64. The van der Waals surface area contributed by atoms with Gasteiger partial charge in [-0.3, -0.25) is 9.89 Å². The molecule has 1 amide bonds. The Bertz CT molecular complexity index is 903. The second-order valence-corrected chi connectivity index (χ2v) is 8.46. The number of phenolic OH excluding ortho intramolecular Hbond substituents is 1. The highest BCUT2D eigenvalue weighted by molar-refractivity contribution is 5.94. The van der Waals surface area contributed by atoms with Crippen LogP contribution in [0.3, 0.4) is 0 Å². The van der Waals surface area contributed by atoms with Crippen LogP contribution in [0.4, 0.5) is 0 Å². The number of H-pyrrole nitrogens is 1. The number of aromatic hydroxyl groups is 1. The summed E-state index contributed by atoms with van der Waals surface area (Å²) in [5, 5.41) is 20.1. The maximum atomic E-state index is 12.2. The summed E-state index contributed by atoms with van der Waals surface area (Å²) < 4.78 is 0. The normalized spacial score (nSPS) is 31.5. The SMILES string of the molecule is CNC(=O)c1n[nH]c2c1CC1C3CCc4cc(O)ccc4C3CC[C@]21C. The number of hydrogen-bond acceptors (Lipinski definition) is 3. The van der Waals surface area contributed by atoms with Crippen LogP contribution in [0, 0.1) is 11.8 Å². The third-order valence-corrected chi connectivity index (χ3v) is 7.40. The second-order valence-electron chi connectivity index (χ2n) is 8.46. The van der Waals surface area contributed by atoms with Gasteiger partial charge < -0.3 is 10.4 Å². The molecule has 3 unspecified atom stereocenters. The van der Waals surface area contributed by atoms with E-state index >= 15 is 0 Å². The molecule has 3 aliphatic rings. The van der Waals surface area contributed by atoms with Gasteiger partial charge in [-0.2, -0.15) is 5.10 Å². The van der Waals surface area contributed by atoms with Crippen molar-refractivity contribution in [2.24, 2.45) is 11.8 Å². The van der Waals surface area contributed by atoms with Gasteiger partial charge in [-0.1, -0.05) is 13.0 Å². The van der Waals surface area contributed by atoms with E-state index in [-0.39, 0.29) is 11.3 Å². The molecule has 26 heavy (non-hydrogen) atoms. The van der Waals surface area contributed by atoms with Gasteiger partial charge in [0.2, 0.25) is 0 Å². The quantitative estimate of drug-likeness (QED) is 0.739. The summed E-state index contributed by atoms with van der Waals surface area (Å²) >= 11 is 0. The number of phenols is 1. The fourth-order valence-electron chi connectivity index (χ4n) is 6.14. The van der Waals surface area contributed by atoms with Crippen molar-refractivity contribution in [2.75, 3.05) is 7.05 Å². The van der Waals surface area contributed by atoms with Gasteiger partial charge in [0, 0.05) is 23.7 Å². The van der Waals surface area contributed by atoms with Crippen molar-refractivity contribution in [3.63, 3.8) is 0 Å². The molecule has 0 saturated heterocycles. The smallest absolute Gasteiger partial charge is 0.271 e. The Morgan fingerprint density at radius 3 is 3.04 bits per heavy atom. The van der Waals surface area contributed by atoms with Gasteiger partial charge in [0.15, 0.2) is 5.69 Å². The number of rotatable bonds is 1. The zero-order valence-electron chi connectivity index (χ0n) is 15.3. The number of amides is 1. The molecule has 136 valence electrons. The first-order valence-electron chi connectivity index (χ1n) is 9.64. The van der Waals surface area contributed by atoms with Crippen LogP contribution in [0.25, 0.3) is 0 Å². The predicted octanol–water partition coefficient (Wildman–Crippen LogP) is 3.04. The molecular formula is C21H25N3O2. The summed E-state index contributed by atoms with van der Waals surface area (Å²) in [5.41, 5.74) is 5.74. The van der Waals surface area contributed by atoms with Crippen LogP contribution < -0.4 is 5.32 Å². The molecule has 1 heterocycles. The van der Waals surface area contributed by atoms with Crippen molar-refractivity contribution < 1.29 is 9.90 Å². The highest BCUT2D eigenvalue weighted by atomic mass is 16.3. The van der Waals surface area contributed by atoms with Crippen LogP contribution in [-0.2, 0) is 18.3 Å².